The van der Waals surface area contributed by atoms with Crippen molar-refractivity contribution >= 4 is 11.0 Å². The molecule has 0 aliphatic rings. The third kappa shape index (κ3) is 2.40. The van der Waals surface area contributed by atoms with Crippen LogP contribution in [0.15, 0.2) is 18.2 Å². The first-order valence-electron chi connectivity index (χ1n) is 5.53. The van der Waals surface area contributed by atoms with Gasteiger partial charge >= 0.3 is 0 Å². The number of fused-ring (bicyclic) bond motifs is 1. The molecule has 1 aromatic heterocycles. The van der Waals surface area contributed by atoms with Crippen LogP contribution in [0.2, 0.25) is 0 Å². The predicted octanol–water partition coefficient (Wildman–Crippen LogP) is 1.06. The highest BCUT2D eigenvalue weighted by atomic mass is 16.5. The van der Waals surface area contributed by atoms with Crippen LogP contribution in [0.5, 0.6) is 5.75 Å². The van der Waals surface area contributed by atoms with Crippen LogP contribution in [0.4, 0.5) is 0 Å². The Balaban J connectivity index is 2.28. The maximum absolute atomic E-state index is 5.40. The minimum atomic E-state index is 0.477. The van der Waals surface area contributed by atoms with Crippen molar-refractivity contribution in [2.75, 3.05) is 20.3 Å². The fourth-order valence-electron chi connectivity index (χ4n) is 1.73. The van der Waals surface area contributed by atoms with Gasteiger partial charge in [-0.1, -0.05) is 0 Å². The van der Waals surface area contributed by atoms with Gasteiger partial charge in [-0.05, 0) is 12.1 Å². The van der Waals surface area contributed by atoms with E-state index < -0.39 is 0 Å². The summed E-state index contributed by atoms with van der Waals surface area (Å²) < 4.78 is 12.6. The summed E-state index contributed by atoms with van der Waals surface area (Å²) in [5.74, 6) is 1.70. The largest absolute Gasteiger partial charge is 0.497 e. The third-order valence-corrected chi connectivity index (χ3v) is 2.67. The number of methoxy groups -OCH3 is 1. The Morgan fingerprint density at radius 2 is 2.24 bits per heavy atom. The van der Waals surface area contributed by atoms with Gasteiger partial charge in [0, 0.05) is 19.7 Å². The Bertz CT molecular complexity index is 508. The summed E-state index contributed by atoms with van der Waals surface area (Å²) in [5, 5.41) is 0. The van der Waals surface area contributed by atoms with Gasteiger partial charge in [0.1, 0.15) is 18.2 Å². The minimum Gasteiger partial charge on any atom is -0.497 e. The van der Waals surface area contributed by atoms with E-state index in [1.165, 1.54) is 0 Å². The molecule has 1 aromatic carbocycles. The van der Waals surface area contributed by atoms with Crippen molar-refractivity contribution in [3.05, 3.63) is 24.0 Å². The highest BCUT2D eigenvalue weighted by molar-refractivity contribution is 5.77. The van der Waals surface area contributed by atoms with Crippen LogP contribution in [0.1, 0.15) is 5.82 Å². The first-order chi connectivity index (χ1) is 8.26. The van der Waals surface area contributed by atoms with E-state index in [9.17, 15) is 0 Å². The molecule has 1 heterocycles. The average Bonchev–Trinajstić information content (AvgIpc) is 2.66. The average molecular weight is 235 g/mol. The molecule has 2 aromatic rings. The van der Waals surface area contributed by atoms with Gasteiger partial charge in [-0.2, -0.15) is 0 Å². The zero-order valence-corrected chi connectivity index (χ0v) is 10.1. The summed E-state index contributed by atoms with van der Waals surface area (Å²) in [4.78, 5) is 4.51. The van der Waals surface area contributed by atoms with E-state index in [4.69, 9.17) is 15.2 Å². The second-order valence-electron chi connectivity index (χ2n) is 3.78. The van der Waals surface area contributed by atoms with Crippen molar-refractivity contribution in [3.63, 3.8) is 0 Å². The van der Waals surface area contributed by atoms with Gasteiger partial charge in [-0.25, -0.2) is 4.98 Å². The van der Waals surface area contributed by atoms with Crippen LogP contribution in [-0.4, -0.2) is 29.8 Å². The van der Waals surface area contributed by atoms with Crippen LogP contribution in [-0.2, 0) is 18.4 Å². The molecule has 92 valence electrons. The van der Waals surface area contributed by atoms with E-state index in [1.54, 1.807) is 7.11 Å². The first-order valence-corrected chi connectivity index (χ1v) is 5.53. The summed E-state index contributed by atoms with van der Waals surface area (Å²) in [6, 6.07) is 5.84. The van der Waals surface area contributed by atoms with E-state index in [1.807, 2.05) is 29.8 Å². The van der Waals surface area contributed by atoms with Gasteiger partial charge in [-0.3, -0.25) is 0 Å². The SMILES string of the molecule is COc1ccc2c(c1)nc(COCCN)n2C. The molecule has 5 nitrogen and oxygen atoms in total. The molecule has 5 heteroatoms. The van der Waals surface area contributed by atoms with Crippen LogP contribution in [0, 0.1) is 0 Å². The maximum Gasteiger partial charge on any atom is 0.135 e. The van der Waals surface area contributed by atoms with Crippen molar-refractivity contribution in [1.82, 2.24) is 9.55 Å². The number of imidazole rings is 1. The number of aryl methyl sites for hydroxylation is 1. The van der Waals surface area contributed by atoms with Gasteiger partial charge in [-0.15, -0.1) is 0 Å². The van der Waals surface area contributed by atoms with Crippen LogP contribution < -0.4 is 10.5 Å². The monoisotopic (exact) mass is 235 g/mol. The van der Waals surface area contributed by atoms with Gasteiger partial charge in [0.25, 0.3) is 0 Å². The molecule has 0 aliphatic carbocycles. The molecule has 17 heavy (non-hydrogen) atoms. The lowest BCUT2D eigenvalue weighted by Crippen LogP contribution is -2.10. The molecule has 0 saturated heterocycles. The quantitative estimate of drug-likeness (QED) is 0.787. The lowest BCUT2D eigenvalue weighted by molar-refractivity contribution is 0.121. The topological polar surface area (TPSA) is 62.3 Å². The number of aromatic nitrogens is 2. The number of nitrogens with zero attached hydrogens (tertiary/aromatic N) is 2. The fourth-order valence-corrected chi connectivity index (χ4v) is 1.73. The van der Waals surface area contributed by atoms with Crippen molar-refractivity contribution in [1.29, 1.82) is 0 Å². The van der Waals surface area contributed by atoms with Gasteiger partial charge in [0.05, 0.1) is 24.8 Å². The highest BCUT2D eigenvalue weighted by Gasteiger charge is 2.08. The van der Waals surface area contributed by atoms with Gasteiger partial charge < -0.3 is 19.8 Å². The first kappa shape index (κ1) is 11.9. The van der Waals surface area contributed by atoms with Crippen LogP contribution in [0.25, 0.3) is 11.0 Å². The number of hydrogen-bond donors (Lipinski definition) is 1. The predicted molar refractivity (Wildman–Crippen MR) is 66.0 cm³/mol. The van der Waals surface area contributed by atoms with E-state index in [-0.39, 0.29) is 0 Å². The minimum absolute atomic E-state index is 0.477. The zero-order chi connectivity index (χ0) is 12.3. The number of benzene rings is 1. The Labute approximate surface area is 100 Å². The molecule has 2 N–H and O–H groups in total. The normalized spacial score (nSPS) is 11.0. The summed E-state index contributed by atoms with van der Waals surface area (Å²) in [6.45, 7) is 1.55. The second kappa shape index (κ2) is 5.16. The number of rotatable bonds is 5. The molecule has 0 unspecified atom stereocenters. The van der Waals surface area contributed by atoms with Crippen molar-refractivity contribution in [3.8, 4) is 5.75 Å². The Hall–Kier alpha value is -1.59. The molecular formula is C12H17N3O2. The molecule has 0 aliphatic heterocycles. The molecule has 2 rings (SSSR count). The summed E-state index contributed by atoms with van der Waals surface area (Å²) in [5.41, 5.74) is 7.36. The number of nitrogens with two attached hydrogens (primary N) is 1. The molecule has 0 radical (unpaired) electrons. The standard InChI is InChI=1S/C12H17N3O2/c1-15-11-4-3-9(16-2)7-10(11)14-12(15)8-17-6-5-13/h3-4,7H,5-6,8,13H2,1-2H3. The number of hydrogen-bond acceptors (Lipinski definition) is 4. The Morgan fingerprint density at radius 1 is 1.41 bits per heavy atom. The summed E-state index contributed by atoms with van der Waals surface area (Å²) in [7, 11) is 3.62. The lowest BCUT2D eigenvalue weighted by Gasteiger charge is -2.03. The van der Waals surface area contributed by atoms with Crippen molar-refractivity contribution in [2.24, 2.45) is 12.8 Å². The summed E-state index contributed by atoms with van der Waals surface area (Å²) in [6.07, 6.45) is 0. The van der Waals surface area contributed by atoms with E-state index in [2.05, 4.69) is 4.98 Å². The second-order valence-corrected chi connectivity index (χ2v) is 3.78. The van der Waals surface area contributed by atoms with Gasteiger partial charge in [0.15, 0.2) is 0 Å². The molecule has 0 amide bonds. The smallest absolute Gasteiger partial charge is 0.135 e. The highest BCUT2D eigenvalue weighted by Crippen LogP contribution is 2.21. The van der Waals surface area contributed by atoms with Crippen molar-refractivity contribution in [2.45, 2.75) is 6.61 Å². The molecule has 0 atom stereocenters. The third-order valence-electron chi connectivity index (χ3n) is 2.67. The molecule has 0 bridgehead atoms. The number of ether oxygens (including phenoxy) is 2. The fraction of sp³-hybridized carbons (Fsp3) is 0.417. The van der Waals surface area contributed by atoms with E-state index >= 15 is 0 Å². The Morgan fingerprint density at radius 3 is 2.94 bits per heavy atom. The lowest BCUT2D eigenvalue weighted by atomic mass is 10.3. The Kier molecular flexibility index (Phi) is 3.61. The van der Waals surface area contributed by atoms with Crippen LogP contribution >= 0.6 is 0 Å². The molecule has 0 spiro atoms. The molecule has 0 saturated carbocycles. The van der Waals surface area contributed by atoms with Gasteiger partial charge in [0.2, 0.25) is 0 Å². The summed E-state index contributed by atoms with van der Waals surface area (Å²) >= 11 is 0. The maximum atomic E-state index is 5.40. The zero-order valence-electron chi connectivity index (χ0n) is 10.1. The molecule has 0 fully saturated rings. The molecular weight excluding hydrogens is 218 g/mol. The van der Waals surface area contributed by atoms with E-state index in [0.29, 0.717) is 19.8 Å². The van der Waals surface area contributed by atoms with Crippen molar-refractivity contribution < 1.29 is 9.47 Å². The van der Waals surface area contributed by atoms with Crippen LogP contribution in [0.3, 0.4) is 0 Å². The van der Waals surface area contributed by atoms with E-state index in [0.717, 1.165) is 22.6 Å².